The first-order valence-electron chi connectivity index (χ1n) is 12.1. The van der Waals surface area contributed by atoms with Crippen molar-refractivity contribution in [2.24, 2.45) is 0 Å². The van der Waals surface area contributed by atoms with E-state index in [0.717, 1.165) is 16.9 Å². The largest absolute Gasteiger partial charge is 0.496 e. The summed E-state index contributed by atoms with van der Waals surface area (Å²) in [6, 6.07) is 18.3. The van der Waals surface area contributed by atoms with Crippen molar-refractivity contribution in [3.8, 4) is 28.7 Å². The number of nitrogens with zero attached hydrogens (tertiary/aromatic N) is 3. The van der Waals surface area contributed by atoms with Crippen LogP contribution in [-0.2, 0) is 13.1 Å². The molecule has 4 rings (SSSR count). The van der Waals surface area contributed by atoms with Crippen LogP contribution >= 0.6 is 0 Å². The fourth-order valence-electron chi connectivity index (χ4n) is 4.02. The molecule has 0 unspecified atom stereocenters. The summed E-state index contributed by atoms with van der Waals surface area (Å²) in [5.41, 5.74) is 2.07. The Morgan fingerprint density at radius 3 is 1.74 bits per heavy atom. The summed E-state index contributed by atoms with van der Waals surface area (Å²) in [6.45, 7) is 0.732. The van der Waals surface area contributed by atoms with E-state index in [9.17, 15) is 4.79 Å². The monoisotopic (exact) mass is 533 g/mol. The third-order valence-electron chi connectivity index (χ3n) is 5.97. The van der Waals surface area contributed by atoms with Crippen LogP contribution in [0.3, 0.4) is 0 Å². The summed E-state index contributed by atoms with van der Waals surface area (Å²) in [5.74, 6) is 2.55. The number of methoxy groups -OCH3 is 5. The lowest BCUT2D eigenvalue weighted by atomic mass is 10.1. The molecule has 0 aliphatic heterocycles. The Bertz CT molecular complexity index is 1410. The molecule has 0 fully saturated rings. The van der Waals surface area contributed by atoms with Gasteiger partial charge in [0.25, 0.3) is 5.91 Å². The molecule has 0 saturated heterocycles. The molecule has 0 saturated carbocycles. The Kier molecular flexibility index (Phi) is 8.72. The van der Waals surface area contributed by atoms with E-state index >= 15 is 0 Å². The van der Waals surface area contributed by atoms with Gasteiger partial charge in [-0.2, -0.15) is 9.67 Å². The van der Waals surface area contributed by atoms with Crippen LogP contribution in [0.4, 0.5) is 11.9 Å². The zero-order chi connectivity index (χ0) is 27.8. The molecule has 0 amide bonds. The second-order valence-electron chi connectivity index (χ2n) is 8.22. The van der Waals surface area contributed by atoms with Gasteiger partial charge in [0.2, 0.25) is 17.6 Å². The van der Waals surface area contributed by atoms with Crippen molar-refractivity contribution in [1.82, 2.24) is 14.8 Å². The lowest BCUT2D eigenvalue weighted by Gasteiger charge is -2.14. The molecule has 204 valence electrons. The molecule has 39 heavy (non-hydrogen) atoms. The zero-order valence-corrected chi connectivity index (χ0v) is 22.5. The minimum atomic E-state index is -0.449. The average molecular weight is 534 g/mol. The highest BCUT2D eigenvalue weighted by molar-refractivity contribution is 5.98. The molecule has 4 aromatic rings. The highest BCUT2D eigenvalue weighted by atomic mass is 16.5. The number of hydrogen-bond donors (Lipinski definition) is 2. The van der Waals surface area contributed by atoms with Gasteiger partial charge >= 0.3 is 0 Å². The fraction of sp³-hybridized carbons (Fsp3) is 0.250. The minimum absolute atomic E-state index is 0.238. The van der Waals surface area contributed by atoms with Crippen LogP contribution < -0.4 is 34.3 Å². The second kappa shape index (κ2) is 12.5. The number of para-hydroxylation sites is 2. The lowest BCUT2D eigenvalue weighted by Crippen LogP contribution is -2.18. The van der Waals surface area contributed by atoms with Crippen LogP contribution in [0.15, 0.2) is 60.7 Å². The molecular formula is C28H31N5O6. The van der Waals surface area contributed by atoms with Gasteiger partial charge in [-0.3, -0.25) is 4.79 Å². The van der Waals surface area contributed by atoms with Gasteiger partial charge in [-0.05, 0) is 24.3 Å². The van der Waals surface area contributed by atoms with Gasteiger partial charge in [-0.15, -0.1) is 5.10 Å². The van der Waals surface area contributed by atoms with Gasteiger partial charge < -0.3 is 34.3 Å². The smallest absolute Gasteiger partial charge is 0.281 e. The normalized spacial score (nSPS) is 10.5. The van der Waals surface area contributed by atoms with Crippen LogP contribution in [0.5, 0.6) is 28.7 Å². The third-order valence-corrected chi connectivity index (χ3v) is 5.97. The summed E-state index contributed by atoms with van der Waals surface area (Å²) >= 11 is 0. The average Bonchev–Trinajstić information content (AvgIpc) is 3.40. The van der Waals surface area contributed by atoms with Gasteiger partial charge in [0.05, 0.1) is 35.5 Å². The molecule has 0 aliphatic rings. The molecular weight excluding hydrogens is 502 g/mol. The topological polar surface area (TPSA) is 118 Å². The van der Waals surface area contributed by atoms with Gasteiger partial charge in [-0.25, -0.2) is 0 Å². The van der Waals surface area contributed by atoms with Crippen molar-refractivity contribution in [2.45, 2.75) is 13.1 Å². The molecule has 0 atom stereocenters. The van der Waals surface area contributed by atoms with Gasteiger partial charge in [0.1, 0.15) is 11.5 Å². The maximum Gasteiger partial charge on any atom is 0.281 e. The quantitative estimate of drug-likeness (QED) is 0.274. The maximum absolute atomic E-state index is 13.7. The van der Waals surface area contributed by atoms with Crippen LogP contribution in [0.1, 0.15) is 21.5 Å². The van der Waals surface area contributed by atoms with E-state index in [4.69, 9.17) is 23.7 Å². The molecule has 0 spiro atoms. The van der Waals surface area contributed by atoms with E-state index in [2.05, 4.69) is 20.7 Å². The number of benzene rings is 3. The number of anilines is 2. The number of carbonyl (C=O) groups excluding carboxylic acids is 1. The predicted octanol–water partition coefficient (Wildman–Crippen LogP) is 4.23. The van der Waals surface area contributed by atoms with E-state index in [0.29, 0.717) is 36.1 Å². The van der Waals surface area contributed by atoms with Crippen molar-refractivity contribution in [2.75, 3.05) is 46.2 Å². The highest BCUT2D eigenvalue weighted by Gasteiger charge is 2.22. The van der Waals surface area contributed by atoms with E-state index in [-0.39, 0.29) is 17.5 Å². The Morgan fingerprint density at radius 1 is 0.718 bits per heavy atom. The minimum Gasteiger partial charge on any atom is -0.496 e. The van der Waals surface area contributed by atoms with Crippen LogP contribution in [0.25, 0.3) is 0 Å². The highest BCUT2D eigenvalue weighted by Crippen LogP contribution is 2.38. The maximum atomic E-state index is 13.7. The number of carbonyl (C=O) groups is 1. The van der Waals surface area contributed by atoms with Crippen molar-refractivity contribution in [3.05, 3.63) is 77.4 Å². The predicted molar refractivity (Wildman–Crippen MR) is 146 cm³/mol. The Balaban J connectivity index is 1.68. The molecule has 11 nitrogen and oxygen atoms in total. The molecule has 0 bridgehead atoms. The van der Waals surface area contributed by atoms with E-state index < -0.39 is 5.91 Å². The van der Waals surface area contributed by atoms with Crippen LogP contribution in [-0.4, -0.2) is 56.2 Å². The summed E-state index contributed by atoms with van der Waals surface area (Å²) in [5, 5.41) is 10.9. The summed E-state index contributed by atoms with van der Waals surface area (Å²) in [4.78, 5) is 18.3. The van der Waals surface area contributed by atoms with E-state index in [1.54, 1.807) is 26.4 Å². The summed E-state index contributed by atoms with van der Waals surface area (Å²) in [7, 11) is 7.69. The molecule has 0 aliphatic carbocycles. The third kappa shape index (κ3) is 5.98. The number of aromatic nitrogens is 3. The molecule has 1 aromatic heterocycles. The molecule has 0 radical (unpaired) electrons. The number of rotatable bonds is 12. The van der Waals surface area contributed by atoms with Crippen molar-refractivity contribution >= 4 is 17.8 Å². The number of ether oxygens (including phenoxy) is 5. The standard InChI is InChI=1S/C28H31N5O6/c1-35-21-12-8-6-10-18(21)16-29-27-31-28(30-17-19-11-7-9-13-22(19)36-2)33(32-27)26(34)20-14-23(37-3)25(39-5)24(15-20)38-4/h6-15H,16-17H2,1-5H3,(H2,29,30,31,32). The Labute approximate surface area is 226 Å². The van der Waals surface area contributed by atoms with Gasteiger partial charge in [0.15, 0.2) is 11.5 Å². The summed E-state index contributed by atoms with van der Waals surface area (Å²) in [6.07, 6.45) is 0. The van der Waals surface area contributed by atoms with Crippen LogP contribution in [0, 0.1) is 0 Å². The van der Waals surface area contributed by atoms with Crippen LogP contribution in [0.2, 0.25) is 0 Å². The number of nitrogens with one attached hydrogen (secondary N) is 2. The molecule has 3 aromatic carbocycles. The van der Waals surface area contributed by atoms with Gasteiger partial charge in [0, 0.05) is 29.8 Å². The van der Waals surface area contributed by atoms with Crippen molar-refractivity contribution in [1.29, 1.82) is 0 Å². The first-order valence-corrected chi connectivity index (χ1v) is 12.1. The second-order valence-corrected chi connectivity index (χ2v) is 8.22. The molecule has 2 N–H and O–H groups in total. The molecule has 1 heterocycles. The SMILES string of the molecule is COc1ccccc1CNc1nc(NCc2ccccc2OC)n(C(=O)c2cc(OC)c(OC)c(OC)c2)n1. The zero-order valence-electron chi connectivity index (χ0n) is 22.5. The Morgan fingerprint density at radius 2 is 1.23 bits per heavy atom. The number of hydrogen-bond acceptors (Lipinski definition) is 10. The first-order chi connectivity index (χ1) is 19.0. The van der Waals surface area contributed by atoms with E-state index in [1.807, 2.05) is 48.5 Å². The van der Waals surface area contributed by atoms with Crippen molar-refractivity contribution in [3.63, 3.8) is 0 Å². The summed E-state index contributed by atoms with van der Waals surface area (Å²) < 4.78 is 28.3. The first kappa shape index (κ1) is 27.1. The fourth-order valence-corrected chi connectivity index (χ4v) is 4.02. The Hall–Kier alpha value is -4.93. The molecule has 11 heteroatoms. The van der Waals surface area contributed by atoms with Gasteiger partial charge in [-0.1, -0.05) is 36.4 Å². The van der Waals surface area contributed by atoms with E-state index in [1.165, 1.54) is 26.0 Å². The van der Waals surface area contributed by atoms with Crippen molar-refractivity contribution < 1.29 is 28.5 Å². The lowest BCUT2D eigenvalue weighted by molar-refractivity contribution is 0.0946.